The van der Waals surface area contributed by atoms with Crippen LogP contribution in [0.1, 0.15) is 109 Å². The highest BCUT2D eigenvalue weighted by Crippen LogP contribution is 2.24. The van der Waals surface area contributed by atoms with E-state index in [0.29, 0.717) is 12.2 Å². The number of unbranched alkanes of at least 4 members (excludes halogenated alkanes) is 8. The molecule has 1 aromatic rings. The fourth-order valence-corrected chi connectivity index (χ4v) is 4.37. The van der Waals surface area contributed by atoms with Gasteiger partial charge in [-0.3, -0.25) is 4.55 Å². The topological polar surface area (TPSA) is 63.6 Å². The van der Waals surface area contributed by atoms with E-state index in [4.69, 9.17) is 4.74 Å². The van der Waals surface area contributed by atoms with Crippen LogP contribution in [-0.4, -0.2) is 18.4 Å². The summed E-state index contributed by atoms with van der Waals surface area (Å²) < 4.78 is 38.6. The van der Waals surface area contributed by atoms with Gasteiger partial charge in [0.15, 0.2) is 0 Å². The Kier molecular flexibility index (Phi) is 13.3. The van der Waals surface area contributed by atoms with E-state index in [-0.39, 0.29) is 6.42 Å². The molecule has 0 radical (unpaired) electrons. The minimum absolute atomic E-state index is 0.284. The van der Waals surface area contributed by atoms with Crippen molar-refractivity contribution in [3.63, 3.8) is 0 Å². The zero-order chi connectivity index (χ0) is 21.5. The Balaban J connectivity index is 2.84. The fourth-order valence-electron chi connectivity index (χ4n) is 3.61. The number of hydrogen-bond acceptors (Lipinski definition) is 3. The Morgan fingerprint density at radius 1 is 0.759 bits per heavy atom. The van der Waals surface area contributed by atoms with Crippen LogP contribution in [0.3, 0.4) is 0 Å². The third-order valence-corrected chi connectivity index (χ3v) is 6.28. The lowest BCUT2D eigenvalue weighted by Gasteiger charge is -2.17. The zero-order valence-electron chi connectivity index (χ0n) is 18.8. The van der Waals surface area contributed by atoms with Crippen LogP contribution in [0, 0.1) is 0 Å². The van der Waals surface area contributed by atoms with Crippen LogP contribution in [0.5, 0.6) is 5.75 Å². The summed E-state index contributed by atoms with van der Waals surface area (Å²) in [6, 6.07) is 6.15. The Morgan fingerprint density at radius 3 is 1.66 bits per heavy atom. The molecule has 0 aromatic heterocycles. The molecule has 0 amide bonds. The van der Waals surface area contributed by atoms with E-state index in [1.165, 1.54) is 62.5 Å². The summed E-state index contributed by atoms with van der Waals surface area (Å²) in [4.78, 5) is 0. The molecular formula is C24H42O4S. The monoisotopic (exact) mass is 426 g/mol. The van der Waals surface area contributed by atoms with Gasteiger partial charge in [-0.1, -0.05) is 84.6 Å². The van der Waals surface area contributed by atoms with Crippen LogP contribution in [0.4, 0.5) is 0 Å². The zero-order valence-corrected chi connectivity index (χ0v) is 19.6. The predicted octanol–water partition coefficient (Wildman–Crippen LogP) is 7.11. The maximum Gasteiger partial charge on any atom is 0.303 e. The molecule has 0 spiro atoms. The number of rotatable bonds is 17. The molecule has 168 valence electrons. The van der Waals surface area contributed by atoms with Crippen LogP contribution < -0.4 is 4.74 Å². The third kappa shape index (κ3) is 11.6. The van der Waals surface area contributed by atoms with E-state index < -0.39 is 15.6 Å². The molecule has 1 atom stereocenters. The van der Waals surface area contributed by atoms with E-state index in [1.54, 1.807) is 0 Å². The minimum atomic E-state index is -4.23. The highest BCUT2D eigenvalue weighted by molar-refractivity contribution is 7.86. The largest absolute Gasteiger partial charge is 0.472 e. The lowest BCUT2D eigenvalue weighted by molar-refractivity contribution is 0.245. The molecule has 1 aromatic carbocycles. The van der Waals surface area contributed by atoms with E-state index in [9.17, 15) is 13.0 Å². The molecule has 0 saturated heterocycles. The number of benzene rings is 1. The molecule has 1 N–H and O–H groups in total. The molecule has 0 aliphatic rings. The molecule has 0 aliphatic heterocycles. The molecule has 4 nitrogen and oxygen atoms in total. The van der Waals surface area contributed by atoms with Gasteiger partial charge >= 0.3 is 10.1 Å². The molecular weight excluding hydrogens is 384 g/mol. The maximum absolute atomic E-state index is 11.7. The number of hydrogen-bond donors (Lipinski definition) is 1. The van der Waals surface area contributed by atoms with Crippen molar-refractivity contribution >= 4 is 10.1 Å². The van der Waals surface area contributed by atoms with Crippen LogP contribution in [0.2, 0.25) is 0 Å². The van der Waals surface area contributed by atoms with Gasteiger partial charge in [0.05, 0.1) is 0 Å². The standard InChI is InChI=1S/C24H42O4S/c1-4-7-9-11-13-16-21-18-22(17-14-12-10-8-5-2)20-23(19-21)28-24(15-6-3)29(25,26)27/h18-20,24H,4-17H2,1-3H3,(H,25,26,27). The van der Waals surface area contributed by atoms with E-state index in [1.807, 2.05) is 19.1 Å². The molecule has 1 unspecified atom stereocenters. The van der Waals surface area contributed by atoms with Gasteiger partial charge in [-0.25, -0.2) is 0 Å². The van der Waals surface area contributed by atoms with Crippen LogP contribution in [0.15, 0.2) is 18.2 Å². The van der Waals surface area contributed by atoms with Crippen molar-refractivity contribution in [1.29, 1.82) is 0 Å². The van der Waals surface area contributed by atoms with E-state index >= 15 is 0 Å². The first-order valence-electron chi connectivity index (χ1n) is 11.7. The van der Waals surface area contributed by atoms with Gasteiger partial charge in [0.25, 0.3) is 0 Å². The molecule has 0 bridgehead atoms. The summed E-state index contributed by atoms with van der Waals surface area (Å²) in [7, 11) is -4.23. The molecule has 0 aliphatic carbocycles. The van der Waals surface area contributed by atoms with Crippen LogP contribution >= 0.6 is 0 Å². The van der Waals surface area contributed by atoms with Gasteiger partial charge in [0.1, 0.15) is 5.75 Å². The quantitative estimate of drug-likeness (QED) is 0.213. The van der Waals surface area contributed by atoms with Crippen molar-refractivity contribution in [2.45, 2.75) is 116 Å². The van der Waals surface area contributed by atoms with Crippen molar-refractivity contribution in [2.24, 2.45) is 0 Å². The predicted molar refractivity (Wildman–Crippen MR) is 122 cm³/mol. The fraction of sp³-hybridized carbons (Fsp3) is 0.750. The first-order chi connectivity index (χ1) is 13.9. The van der Waals surface area contributed by atoms with E-state index in [0.717, 1.165) is 25.7 Å². The summed E-state index contributed by atoms with van der Waals surface area (Å²) >= 11 is 0. The second-order valence-corrected chi connectivity index (χ2v) is 9.72. The molecule has 5 heteroatoms. The van der Waals surface area contributed by atoms with Gasteiger partial charge < -0.3 is 4.74 Å². The van der Waals surface area contributed by atoms with Gasteiger partial charge in [-0.2, -0.15) is 8.42 Å². The Hall–Kier alpha value is -1.07. The van der Waals surface area contributed by atoms with Gasteiger partial charge in [0.2, 0.25) is 5.44 Å². The van der Waals surface area contributed by atoms with Crippen LogP contribution in [0.25, 0.3) is 0 Å². The lowest BCUT2D eigenvalue weighted by atomic mass is 9.99. The van der Waals surface area contributed by atoms with Gasteiger partial charge in [0, 0.05) is 6.42 Å². The molecule has 29 heavy (non-hydrogen) atoms. The van der Waals surface area contributed by atoms with Crippen LogP contribution in [-0.2, 0) is 23.0 Å². The molecule has 1 rings (SSSR count). The van der Waals surface area contributed by atoms with E-state index in [2.05, 4.69) is 19.9 Å². The van der Waals surface area contributed by atoms with Gasteiger partial charge in [-0.15, -0.1) is 0 Å². The summed E-state index contributed by atoms with van der Waals surface area (Å²) in [5.41, 5.74) is 1.21. The molecule has 0 heterocycles. The average molecular weight is 427 g/mol. The minimum Gasteiger partial charge on any atom is -0.472 e. The second-order valence-electron chi connectivity index (χ2n) is 8.16. The smallest absolute Gasteiger partial charge is 0.303 e. The highest BCUT2D eigenvalue weighted by atomic mass is 32.2. The van der Waals surface area contributed by atoms with Crippen molar-refractivity contribution in [1.82, 2.24) is 0 Å². The second kappa shape index (κ2) is 14.8. The summed E-state index contributed by atoms with van der Waals surface area (Å²) in [5, 5.41) is 0. The van der Waals surface area contributed by atoms with Crippen molar-refractivity contribution < 1.29 is 17.7 Å². The Morgan fingerprint density at radius 2 is 1.24 bits per heavy atom. The average Bonchev–Trinajstić information content (AvgIpc) is 2.66. The summed E-state index contributed by atoms with van der Waals surface area (Å²) in [5.74, 6) is 0.565. The number of ether oxygens (including phenoxy) is 1. The Labute approximate surface area is 179 Å². The maximum atomic E-state index is 11.7. The van der Waals surface area contributed by atoms with Crippen molar-refractivity contribution in [2.75, 3.05) is 0 Å². The highest BCUT2D eigenvalue weighted by Gasteiger charge is 2.24. The third-order valence-electron chi connectivity index (χ3n) is 5.29. The molecule has 0 saturated carbocycles. The summed E-state index contributed by atoms with van der Waals surface area (Å²) in [6.45, 7) is 6.32. The Bertz CT molecular complexity index is 623. The normalized spacial score (nSPS) is 12.8. The summed E-state index contributed by atoms with van der Waals surface area (Å²) in [6.07, 6.45) is 15.1. The van der Waals surface area contributed by atoms with Crippen molar-refractivity contribution in [3.8, 4) is 5.75 Å². The van der Waals surface area contributed by atoms with Crippen molar-refractivity contribution in [3.05, 3.63) is 29.3 Å². The number of aryl methyl sites for hydroxylation is 2. The first-order valence-corrected chi connectivity index (χ1v) is 13.2. The lowest BCUT2D eigenvalue weighted by Crippen LogP contribution is -2.26. The first kappa shape index (κ1) is 26.0. The molecule has 0 fully saturated rings. The SMILES string of the molecule is CCCCCCCc1cc(CCCCCCC)cc(OC(CCC)S(=O)(=O)O)c1. The van der Waals surface area contributed by atoms with Gasteiger partial charge in [-0.05, 0) is 48.9 Å².